The number of aryl methyl sites for hydroxylation is 1. The van der Waals surface area contributed by atoms with Crippen molar-refractivity contribution in [3.8, 4) is 0 Å². The molecule has 4 rings (SSSR count). The maximum absolute atomic E-state index is 13.5. The van der Waals surface area contributed by atoms with Crippen LogP contribution in [0.4, 0.5) is 16.0 Å². The third kappa shape index (κ3) is 4.99. The van der Waals surface area contributed by atoms with E-state index in [0.29, 0.717) is 23.7 Å². The predicted molar refractivity (Wildman–Crippen MR) is 117 cm³/mol. The molecule has 9 heteroatoms. The molecule has 1 aromatic carbocycles. The zero-order valence-electron chi connectivity index (χ0n) is 17.4. The summed E-state index contributed by atoms with van der Waals surface area (Å²) in [4.78, 5) is 30.6. The van der Waals surface area contributed by atoms with Crippen molar-refractivity contribution in [3.63, 3.8) is 0 Å². The minimum absolute atomic E-state index is 0.121. The minimum Gasteiger partial charge on any atom is -0.368 e. The fraction of sp³-hybridized carbons (Fsp3) is 0.364. The van der Waals surface area contributed by atoms with Crippen LogP contribution < -0.4 is 21.3 Å². The molecule has 1 unspecified atom stereocenters. The summed E-state index contributed by atoms with van der Waals surface area (Å²) in [5, 5.41) is 7.81. The van der Waals surface area contributed by atoms with Crippen LogP contribution in [0.15, 0.2) is 58.4 Å². The Bertz CT molecular complexity index is 1170. The molecular formula is C22H25FN6O2. The number of piperidine rings is 1. The molecule has 3 heterocycles. The molecule has 0 spiro atoms. The second kappa shape index (κ2) is 9.11. The zero-order valence-corrected chi connectivity index (χ0v) is 17.4. The second-order valence-corrected chi connectivity index (χ2v) is 7.76. The molecule has 0 saturated carbocycles. The fourth-order valence-electron chi connectivity index (χ4n) is 3.81. The van der Waals surface area contributed by atoms with Gasteiger partial charge in [0.15, 0.2) is 0 Å². The Kier molecular flexibility index (Phi) is 6.11. The first-order valence-corrected chi connectivity index (χ1v) is 10.4. The van der Waals surface area contributed by atoms with Crippen LogP contribution in [0.2, 0.25) is 0 Å². The Labute approximate surface area is 179 Å². The molecule has 1 aliphatic heterocycles. The van der Waals surface area contributed by atoms with E-state index in [9.17, 15) is 14.0 Å². The normalized spacial score (nSPS) is 16.3. The van der Waals surface area contributed by atoms with Gasteiger partial charge in [-0.2, -0.15) is 5.10 Å². The van der Waals surface area contributed by atoms with Gasteiger partial charge in [0.1, 0.15) is 17.5 Å². The molecule has 162 valence electrons. The van der Waals surface area contributed by atoms with Gasteiger partial charge in [-0.05, 0) is 43.0 Å². The quantitative estimate of drug-likeness (QED) is 0.652. The minimum atomic E-state index is -0.340. The molecule has 3 aromatic rings. The Morgan fingerprint density at radius 1 is 1.13 bits per heavy atom. The highest BCUT2D eigenvalue weighted by atomic mass is 19.1. The lowest BCUT2D eigenvalue weighted by Gasteiger charge is -2.36. The van der Waals surface area contributed by atoms with Crippen LogP contribution in [0.5, 0.6) is 0 Å². The van der Waals surface area contributed by atoms with Crippen molar-refractivity contribution in [1.29, 1.82) is 0 Å². The first-order chi connectivity index (χ1) is 15.0. The number of benzene rings is 1. The number of halogens is 1. The molecule has 1 saturated heterocycles. The number of hydrogen-bond donors (Lipinski definition) is 1. The van der Waals surface area contributed by atoms with Gasteiger partial charge < -0.3 is 14.8 Å². The van der Waals surface area contributed by atoms with E-state index in [-0.39, 0.29) is 29.5 Å². The maximum Gasteiger partial charge on any atom is 0.267 e. The van der Waals surface area contributed by atoms with Crippen LogP contribution in [-0.4, -0.2) is 38.5 Å². The van der Waals surface area contributed by atoms with Crippen molar-refractivity contribution < 1.29 is 4.39 Å². The van der Waals surface area contributed by atoms with Crippen molar-refractivity contribution in [2.45, 2.75) is 31.8 Å². The molecule has 0 radical (unpaired) electrons. The fourth-order valence-corrected chi connectivity index (χ4v) is 3.81. The van der Waals surface area contributed by atoms with Gasteiger partial charge in [0.25, 0.3) is 11.1 Å². The molecular weight excluding hydrogens is 399 g/mol. The standard InChI is InChI=1S/C22H25FN6O2/c1-27-15-25-19(12-22(27)31)24-13-18-7-2-3-10-28(18)20-8-9-21(30)29(26-20)14-16-5-4-6-17(23)11-16/h4-6,8-9,11-12,15,18,24H,2-3,7,10,13-14H2,1H3. The van der Waals surface area contributed by atoms with E-state index in [1.165, 1.54) is 39.8 Å². The molecule has 0 aliphatic carbocycles. The molecule has 1 atom stereocenters. The average Bonchev–Trinajstić information content (AvgIpc) is 2.76. The van der Waals surface area contributed by atoms with Gasteiger partial charge >= 0.3 is 0 Å². The number of aromatic nitrogens is 4. The van der Waals surface area contributed by atoms with E-state index in [2.05, 4.69) is 20.3 Å². The van der Waals surface area contributed by atoms with E-state index in [1.54, 1.807) is 25.2 Å². The highest BCUT2D eigenvalue weighted by Gasteiger charge is 2.24. The lowest BCUT2D eigenvalue weighted by Crippen LogP contribution is -2.45. The largest absolute Gasteiger partial charge is 0.368 e. The number of nitrogens with one attached hydrogen (secondary N) is 1. The van der Waals surface area contributed by atoms with Gasteiger partial charge in [-0.3, -0.25) is 9.59 Å². The highest BCUT2D eigenvalue weighted by molar-refractivity contribution is 5.41. The van der Waals surface area contributed by atoms with Crippen LogP contribution in [0.25, 0.3) is 0 Å². The molecule has 2 aromatic heterocycles. The summed E-state index contributed by atoms with van der Waals surface area (Å²) in [7, 11) is 1.66. The van der Waals surface area contributed by atoms with Crippen LogP contribution in [0, 0.1) is 5.82 Å². The number of anilines is 2. The highest BCUT2D eigenvalue weighted by Crippen LogP contribution is 2.22. The van der Waals surface area contributed by atoms with Crippen LogP contribution >= 0.6 is 0 Å². The van der Waals surface area contributed by atoms with Gasteiger partial charge in [-0.15, -0.1) is 0 Å². The van der Waals surface area contributed by atoms with Crippen molar-refractivity contribution in [3.05, 3.63) is 80.9 Å². The van der Waals surface area contributed by atoms with E-state index < -0.39 is 0 Å². The zero-order chi connectivity index (χ0) is 21.8. The van der Waals surface area contributed by atoms with E-state index >= 15 is 0 Å². The average molecular weight is 424 g/mol. The number of hydrogen-bond acceptors (Lipinski definition) is 6. The molecule has 1 N–H and O–H groups in total. The molecule has 31 heavy (non-hydrogen) atoms. The summed E-state index contributed by atoms with van der Waals surface area (Å²) < 4.78 is 16.3. The monoisotopic (exact) mass is 424 g/mol. The van der Waals surface area contributed by atoms with Gasteiger partial charge in [0, 0.05) is 38.3 Å². The summed E-state index contributed by atoms with van der Waals surface area (Å²) in [6.07, 6.45) is 4.58. The van der Waals surface area contributed by atoms with Crippen molar-refractivity contribution in [2.24, 2.45) is 7.05 Å². The van der Waals surface area contributed by atoms with E-state index in [1.807, 2.05) is 0 Å². The van der Waals surface area contributed by atoms with E-state index in [0.717, 1.165) is 25.8 Å². The van der Waals surface area contributed by atoms with Crippen LogP contribution in [0.3, 0.4) is 0 Å². The molecule has 8 nitrogen and oxygen atoms in total. The summed E-state index contributed by atoms with van der Waals surface area (Å²) in [5.41, 5.74) is 0.327. The maximum atomic E-state index is 13.5. The van der Waals surface area contributed by atoms with Crippen molar-refractivity contribution >= 4 is 11.6 Å². The second-order valence-electron chi connectivity index (χ2n) is 7.76. The van der Waals surface area contributed by atoms with Crippen molar-refractivity contribution in [2.75, 3.05) is 23.3 Å². The van der Waals surface area contributed by atoms with Crippen molar-refractivity contribution in [1.82, 2.24) is 19.3 Å². The first-order valence-electron chi connectivity index (χ1n) is 10.4. The smallest absolute Gasteiger partial charge is 0.267 e. The Hall–Kier alpha value is -3.49. The molecule has 1 fully saturated rings. The number of rotatable bonds is 6. The molecule has 0 bridgehead atoms. The summed E-state index contributed by atoms with van der Waals surface area (Å²) >= 11 is 0. The van der Waals surface area contributed by atoms with Gasteiger partial charge in [0.2, 0.25) is 0 Å². The summed E-state index contributed by atoms with van der Waals surface area (Å²) in [5.74, 6) is 0.908. The Balaban J connectivity index is 1.52. The molecule has 1 aliphatic rings. The van der Waals surface area contributed by atoms with Crippen LogP contribution in [0.1, 0.15) is 24.8 Å². The third-order valence-electron chi connectivity index (χ3n) is 5.49. The predicted octanol–water partition coefficient (Wildman–Crippen LogP) is 2.00. The van der Waals surface area contributed by atoms with Gasteiger partial charge in [-0.25, -0.2) is 14.1 Å². The summed E-state index contributed by atoms with van der Waals surface area (Å²) in [6.45, 7) is 1.63. The lowest BCUT2D eigenvalue weighted by atomic mass is 10.0. The first kappa shape index (κ1) is 20.8. The summed E-state index contributed by atoms with van der Waals surface area (Å²) in [6, 6.07) is 11.0. The third-order valence-corrected chi connectivity index (χ3v) is 5.49. The Morgan fingerprint density at radius 2 is 2.00 bits per heavy atom. The number of nitrogens with zero attached hydrogens (tertiary/aromatic N) is 5. The Morgan fingerprint density at radius 3 is 2.81 bits per heavy atom. The van der Waals surface area contributed by atoms with Gasteiger partial charge in [-0.1, -0.05) is 12.1 Å². The SMILES string of the molecule is Cn1cnc(NCC2CCCCN2c2ccc(=O)n(Cc3cccc(F)c3)n2)cc1=O. The lowest BCUT2D eigenvalue weighted by molar-refractivity contribution is 0.462. The van der Waals surface area contributed by atoms with E-state index in [4.69, 9.17) is 0 Å². The molecule has 0 amide bonds. The van der Waals surface area contributed by atoms with Crippen LogP contribution in [-0.2, 0) is 13.6 Å². The van der Waals surface area contributed by atoms with Gasteiger partial charge in [0.05, 0.1) is 12.9 Å². The topological polar surface area (TPSA) is 85.1 Å².